The Kier molecular flexibility index (Phi) is 6.81. The minimum Gasteiger partial charge on any atom is -0.545 e. The summed E-state index contributed by atoms with van der Waals surface area (Å²) in [4.78, 5) is 41.6. The van der Waals surface area contributed by atoms with Crippen LogP contribution in [0.25, 0.3) is 10.9 Å². The maximum atomic E-state index is 12.0. The summed E-state index contributed by atoms with van der Waals surface area (Å²) in [7, 11) is 0. The van der Waals surface area contributed by atoms with E-state index in [9.17, 15) is 24.6 Å². The van der Waals surface area contributed by atoms with E-state index >= 15 is 0 Å². The molecule has 9 nitrogen and oxygen atoms in total. The number of carboxylic acid groups (broad SMARTS) is 2. The predicted molar refractivity (Wildman–Crippen MR) is 94.0 cm³/mol. The Morgan fingerprint density at radius 3 is 2.52 bits per heavy atom. The molecular weight excluding hydrogens is 352 g/mol. The van der Waals surface area contributed by atoms with E-state index in [0.29, 0.717) is 23.0 Å². The number of unbranched alkanes of at least 4 members (excludes halogenated alkanes) is 2. The number of carbonyl (C=O) groups excluding carboxylic acids is 3. The molecule has 1 aromatic carbocycles. The van der Waals surface area contributed by atoms with Gasteiger partial charge in [-0.15, -0.1) is 0 Å². The van der Waals surface area contributed by atoms with Crippen molar-refractivity contribution in [3.63, 3.8) is 0 Å². The number of aliphatic carboxylic acids is 2. The lowest BCUT2D eigenvalue weighted by Crippen LogP contribution is -2.36. The van der Waals surface area contributed by atoms with Crippen LogP contribution < -0.4 is 20.8 Å². The Morgan fingerprint density at radius 1 is 1.11 bits per heavy atom. The summed E-state index contributed by atoms with van der Waals surface area (Å²) < 4.78 is 0. The van der Waals surface area contributed by atoms with Crippen LogP contribution in [0.15, 0.2) is 36.3 Å². The van der Waals surface area contributed by atoms with Crippen LogP contribution in [-0.4, -0.2) is 27.8 Å². The molecule has 0 radical (unpaired) electrons. The normalized spacial score (nSPS) is 10.3. The third-order valence-corrected chi connectivity index (χ3v) is 3.72. The Morgan fingerprint density at radius 2 is 1.85 bits per heavy atom. The highest BCUT2D eigenvalue weighted by Gasteiger charge is 2.08. The van der Waals surface area contributed by atoms with Gasteiger partial charge in [-0.1, -0.05) is 19.8 Å². The number of hydrogen-bond donors (Lipinski definition) is 2. The van der Waals surface area contributed by atoms with E-state index in [0.717, 1.165) is 25.5 Å². The summed E-state index contributed by atoms with van der Waals surface area (Å²) in [6.45, 7) is 2.05. The SMILES string of the molecule is CCCCCC(=O)Nc1ccc2ncnc(NC=C(C(=O)[O-])C(=O)[O-])c2c1. The molecule has 0 saturated heterocycles. The number of anilines is 2. The Balaban J connectivity index is 2.25. The number of amides is 1. The molecule has 0 aliphatic carbocycles. The molecule has 27 heavy (non-hydrogen) atoms. The van der Waals surface area contributed by atoms with E-state index in [1.165, 1.54) is 6.33 Å². The molecule has 142 valence electrons. The van der Waals surface area contributed by atoms with Crippen LogP contribution >= 0.6 is 0 Å². The first-order chi connectivity index (χ1) is 12.9. The fraction of sp³-hybridized carbons (Fsp3) is 0.278. The number of nitrogens with one attached hydrogen (secondary N) is 2. The van der Waals surface area contributed by atoms with Gasteiger partial charge in [0.2, 0.25) is 5.91 Å². The first-order valence-electron chi connectivity index (χ1n) is 8.36. The van der Waals surface area contributed by atoms with Gasteiger partial charge in [-0.2, -0.15) is 0 Å². The van der Waals surface area contributed by atoms with Crippen LogP contribution in [0, 0.1) is 0 Å². The summed E-state index contributed by atoms with van der Waals surface area (Å²) in [6, 6.07) is 4.95. The second kappa shape index (κ2) is 9.27. The topological polar surface area (TPSA) is 147 Å². The molecule has 0 saturated carbocycles. The quantitative estimate of drug-likeness (QED) is 0.270. The van der Waals surface area contributed by atoms with E-state index in [1.807, 2.05) is 0 Å². The third-order valence-electron chi connectivity index (χ3n) is 3.72. The predicted octanol–water partition coefficient (Wildman–Crippen LogP) is -0.0558. The molecule has 1 aromatic heterocycles. The van der Waals surface area contributed by atoms with Crippen LogP contribution in [-0.2, 0) is 14.4 Å². The van der Waals surface area contributed by atoms with Crippen LogP contribution in [0.4, 0.5) is 11.5 Å². The smallest absolute Gasteiger partial charge is 0.224 e. The van der Waals surface area contributed by atoms with E-state index in [2.05, 4.69) is 27.5 Å². The number of hydrogen-bond acceptors (Lipinski definition) is 8. The van der Waals surface area contributed by atoms with Crippen molar-refractivity contribution in [1.29, 1.82) is 0 Å². The van der Waals surface area contributed by atoms with Crippen LogP contribution in [0.1, 0.15) is 32.6 Å². The van der Waals surface area contributed by atoms with Gasteiger partial charge in [-0.3, -0.25) is 4.79 Å². The number of nitrogens with zero attached hydrogens (tertiary/aromatic N) is 2. The second-order valence-electron chi connectivity index (χ2n) is 5.74. The molecule has 2 rings (SSSR count). The molecular formula is C18H18N4O5-2. The van der Waals surface area contributed by atoms with Gasteiger partial charge >= 0.3 is 0 Å². The lowest BCUT2D eigenvalue weighted by Gasteiger charge is -2.11. The van der Waals surface area contributed by atoms with Gasteiger partial charge < -0.3 is 30.4 Å². The number of benzene rings is 1. The molecule has 0 unspecified atom stereocenters. The maximum Gasteiger partial charge on any atom is 0.224 e. The van der Waals surface area contributed by atoms with Crippen molar-refractivity contribution < 1.29 is 24.6 Å². The summed E-state index contributed by atoms with van der Waals surface area (Å²) in [5.41, 5.74) is -0.0127. The fourth-order valence-electron chi connectivity index (χ4n) is 2.35. The van der Waals surface area contributed by atoms with Gasteiger partial charge in [0, 0.05) is 29.3 Å². The zero-order valence-electron chi connectivity index (χ0n) is 14.7. The number of carboxylic acids is 2. The summed E-state index contributed by atoms with van der Waals surface area (Å²) in [6.07, 6.45) is 5.15. The zero-order valence-corrected chi connectivity index (χ0v) is 14.7. The first kappa shape index (κ1) is 19.8. The molecule has 2 N–H and O–H groups in total. The van der Waals surface area contributed by atoms with Crippen LogP contribution in [0.3, 0.4) is 0 Å². The average Bonchev–Trinajstić information content (AvgIpc) is 2.61. The summed E-state index contributed by atoms with van der Waals surface area (Å²) >= 11 is 0. The highest BCUT2D eigenvalue weighted by molar-refractivity contribution is 6.11. The zero-order chi connectivity index (χ0) is 19.8. The largest absolute Gasteiger partial charge is 0.545 e. The maximum absolute atomic E-state index is 12.0. The number of carbonyl (C=O) groups is 3. The fourth-order valence-corrected chi connectivity index (χ4v) is 2.35. The van der Waals surface area contributed by atoms with Gasteiger partial charge in [-0.25, -0.2) is 9.97 Å². The van der Waals surface area contributed by atoms with Crippen molar-refractivity contribution in [3.8, 4) is 0 Å². The van der Waals surface area contributed by atoms with Crippen LogP contribution in [0.5, 0.6) is 0 Å². The minimum absolute atomic E-state index is 0.120. The highest BCUT2D eigenvalue weighted by Crippen LogP contribution is 2.23. The Labute approximate surface area is 155 Å². The lowest BCUT2D eigenvalue weighted by molar-refractivity contribution is -0.312. The minimum atomic E-state index is -1.89. The van der Waals surface area contributed by atoms with Crippen molar-refractivity contribution in [1.82, 2.24) is 9.97 Å². The van der Waals surface area contributed by atoms with Crippen molar-refractivity contribution in [2.24, 2.45) is 0 Å². The van der Waals surface area contributed by atoms with Crippen molar-refractivity contribution in [2.75, 3.05) is 10.6 Å². The van der Waals surface area contributed by atoms with E-state index in [-0.39, 0.29) is 11.7 Å². The van der Waals surface area contributed by atoms with Gasteiger partial charge in [0.1, 0.15) is 12.1 Å². The second-order valence-corrected chi connectivity index (χ2v) is 5.74. The van der Waals surface area contributed by atoms with E-state index in [1.54, 1.807) is 18.2 Å². The molecule has 0 spiro atoms. The third kappa shape index (κ3) is 5.50. The van der Waals surface area contributed by atoms with Crippen LogP contribution in [0.2, 0.25) is 0 Å². The van der Waals surface area contributed by atoms with Crippen molar-refractivity contribution in [3.05, 3.63) is 36.3 Å². The Hall–Kier alpha value is -3.49. The molecule has 1 heterocycles. The number of aromatic nitrogens is 2. The van der Waals surface area contributed by atoms with E-state index in [4.69, 9.17) is 0 Å². The highest BCUT2D eigenvalue weighted by atomic mass is 16.4. The molecule has 0 atom stereocenters. The Bertz CT molecular complexity index is 878. The monoisotopic (exact) mass is 370 g/mol. The van der Waals surface area contributed by atoms with E-state index < -0.39 is 17.5 Å². The standard InChI is InChI=1S/C18H20N4O5/c1-2-3-4-5-15(23)22-11-6-7-14-12(8-11)16(21-10-20-14)19-9-13(17(24)25)18(26)27/h6-10H,2-5H2,1H3,(H,22,23)(H,24,25)(H,26,27)(H,19,20,21)/p-2. The molecule has 0 fully saturated rings. The van der Waals surface area contributed by atoms with Gasteiger partial charge in [-0.05, 0) is 24.6 Å². The molecule has 0 bridgehead atoms. The van der Waals surface area contributed by atoms with Gasteiger partial charge in [0.05, 0.1) is 17.5 Å². The average molecular weight is 370 g/mol. The van der Waals surface area contributed by atoms with Gasteiger partial charge in [0.25, 0.3) is 0 Å². The van der Waals surface area contributed by atoms with Crippen molar-refractivity contribution >= 4 is 40.3 Å². The molecule has 0 aliphatic heterocycles. The molecule has 2 aromatic rings. The number of fused-ring (bicyclic) bond motifs is 1. The molecule has 1 amide bonds. The summed E-state index contributed by atoms with van der Waals surface area (Å²) in [5, 5.41) is 27.3. The van der Waals surface area contributed by atoms with Gasteiger partial charge in [0.15, 0.2) is 0 Å². The summed E-state index contributed by atoms with van der Waals surface area (Å²) in [5.74, 6) is -3.73. The molecule has 9 heteroatoms. The first-order valence-corrected chi connectivity index (χ1v) is 8.36. The number of rotatable bonds is 9. The molecule has 0 aliphatic rings. The lowest BCUT2D eigenvalue weighted by atomic mass is 10.2. The van der Waals surface area contributed by atoms with Crippen molar-refractivity contribution in [2.45, 2.75) is 32.6 Å².